The number of alkyl halides is 3. The highest BCUT2D eigenvalue weighted by Crippen LogP contribution is 2.70. The number of amides is 1. The molecule has 2 aromatic heterocycles. The zero-order chi connectivity index (χ0) is 28.2. The monoisotopic (exact) mass is 565 g/mol. The van der Waals surface area contributed by atoms with E-state index in [0.29, 0.717) is 23.7 Å². The molecule has 7 aliphatic rings. The molecule has 7 nitrogen and oxygen atoms in total. The third kappa shape index (κ3) is 3.91. The van der Waals surface area contributed by atoms with Crippen LogP contribution in [0.25, 0.3) is 11.4 Å². The summed E-state index contributed by atoms with van der Waals surface area (Å²) in [4.78, 5) is 19.8. The van der Waals surface area contributed by atoms with Gasteiger partial charge in [0.15, 0.2) is 0 Å². The molecule has 1 amide bonds. The van der Waals surface area contributed by atoms with Gasteiger partial charge in [0.05, 0.1) is 11.1 Å². The highest BCUT2D eigenvalue weighted by atomic mass is 19.3. The standard InChI is InChI=1S/C31H34F3N5O2/c1-38-23(14-22(36-38)19-5-6-19)29-10-7-28(8-11-29,9-12-29)18-39(27(40)30-15-31(34,16-30)17-30)21-4-2-3-20(13-21)25-35-26(24(32)33)41-37-25/h2-4,13-14,19,24H,5-12,15-18H2,1H3. The minimum absolute atomic E-state index is 0.0166. The Balaban J connectivity index is 1.07. The molecule has 2 heterocycles. The van der Waals surface area contributed by atoms with E-state index in [1.165, 1.54) is 24.2 Å². The highest BCUT2D eigenvalue weighted by Gasteiger charge is 2.73. The van der Waals surface area contributed by atoms with Crippen LogP contribution in [0.2, 0.25) is 0 Å². The van der Waals surface area contributed by atoms with Crippen molar-refractivity contribution in [1.82, 2.24) is 19.9 Å². The average molecular weight is 566 g/mol. The average Bonchev–Trinajstić information content (AvgIpc) is 3.52. The molecule has 0 aliphatic heterocycles. The minimum Gasteiger partial charge on any atom is -0.333 e. The molecule has 1 aromatic carbocycles. The Labute approximate surface area is 236 Å². The Morgan fingerprint density at radius 1 is 1.10 bits per heavy atom. The van der Waals surface area contributed by atoms with E-state index in [1.54, 1.807) is 18.2 Å². The number of rotatable bonds is 8. The number of hydrogen-bond donors (Lipinski definition) is 0. The SMILES string of the molecule is Cn1nc(C2CC2)cc1C12CCC(CN(C(=O)C34CC(F)(C3)C4)c3cccc(-c4noc(C(F)F)n4)c3)(CC1)CC2. The van der Waals surface area contributed by atoms with Crippen molar-refractivity contribution in [3.8, 4) is 11.4 Å². The first kappa shape index (κ1) is 25.5. The number of carbonyl (C=O) groups is 1. The Morgan fingerprint density at radius 3 is 2.41 bits per heavy atom. The maximum Gasteiger partial charge on any atom is 0.315 e. The molecule has 0 N–H and O–H groups in total. The van der Waals surface area contributed by atoms with Crippen LogP contribution in [0.3, 0.4) is 0 Å². The Bertz CT molecular complexity index is 1500. The van der Waals surface area contributed by atoms with Crippen molar-refractivity contribution in [2.75, 3.05) is 11.4 Å². The summed E-state index contributed by atoms with van der Waals surface area (Å²) in [6.07, 6.45) is 6.74. The van der Waals surface area contributed by atoms with Crippen molar-refractivity contribution >= 4 is 11.6 Å². The first-order chi connectivity index (χ1) is 19.6. The molecule has 0 atom stereocenters. The third-order valence-corrected chi connectivity index (χ3v) is 11.0. The van der Waals surface area contributed by atoms with Crippen LogP contribution >= 0.6 is 0 Å². The molecular weight excluding hydrogens is 531 g/mol. The van der Waals surface area contributed by atoms with Crippen LogP contribution in [0.1, 0.15) is 100 Å². The fourth-order valence-corrected chi connectivity index (χ4v) is 8.50. The van der Waals surface area contributed by atoms with Crippen molar-refractivity contribution in [3.63, 3.8) is 0 Å². The predicted octanol–water partition coefficient (Wildman–Crippen LogP) is 6.80. The maximum absolute atomic E-state index is 14.5. The molecule has 7 fully saturated rings. The van der Waals surface area contributed by atoms with Gasteiger partial charge in [0.1, 0.15) is 5.67 Å². The zero-order valence-corrected chi connectivity index (χ0v) is 23.2. The molecule has 0 radical (unpaired) electrons. The fourth-order valence-electron chi connectivity index (χ4n) is 8.50. The van der Waals surface area contributed by atoms with Gasteiger partial charge in [0.25, 0.3) is 5.89 Å². The lowest BCUT2D eigenvalue weighted by atomic mass is 9.41. The van der Waals surface area contributed by atoms with E-state index in [1.807, 2.05) is 11.0 Å². The fraction of sp³-hybridized carbons (Fsp3) is 0.613. The second-order valence-electron chi connectivity index (χ2n) is 13.8. The van der Waals surface area contributed by atoms with E-state index >= 15 is 0 Å². The number of benzene rings is 1. The maximum atomic E-state index is 14.5. The normalized spacial score (nSPS) is 33.5. The first-order valence-electron chi connectivity index (χ1n) is 14.9. The van der Waals surface area contributed by atoms with Gasteiger partial charge in [0, 0.05) is 41.9 Å². The Hall–Kier alpha value is -3.17. The van der Waals surface area contributed by atoms with E-state index in [2.05, 4.69) is 27.9 Å². The molecule has 216 valence electrons. The van der Waals surface area contributed by atoms with Gasteiger partial charge in [-0.15, -0.1) is 0 Å². The van der Waals surface area contributed by atoms with E-state index in [4.69, 9.17) is 9.62 Å². The summed E-state index contributed by atoms with van der Waals surface area (Å²) >= 11 is 0. The first-order valence-corrected chi connectivity index (χ1v) is 14.9. The molecule has 7 aliphatic carbocycles. The van der Waals surface area contributed by atoms with Crippen LogP contribution < -0.4 is 4.90 Å². The van der Waals surface area contributed by atoms with Gasteiger partial charge >= 0.3 is 6.43 Å². The van der Waals surface area contributed by atoms with Crippen LogP contribution in [-0.4, -0.2) is 38.0 Å². The topological polar surface area (TPSA) is 77.0 Å². The van der Waals surface area contributed by atoms with Gasteiger partial charge in [-0.3, -0.25) is 9.48 Å². The van der Waals surface area contributed by atoms with Crippen LogP contribution in [0.4, 0.5) is 18.9 Å². The third-order valence-electron chi connectivity index (χ3n) is 11.0. The van der Waals surface area contributed by atoms with Gasteiger partial charge < -0.3 is 9.42 Å². The molecule has 0 spiro atoms. The van der Waals surface area contributed by atoms with Crippen molar-refractivity contribution in [1.29, 1.82) is 0 Å². The van der Waals surface area contributed by atoms with E-state index in [-0.39, 0.29) is 41.8 Å². The molecular formula is C31H34F3N5O2. The molecule has 3 aromatic rings. The summed E-state index contributed by atoms with van der Waals surface area (Å²) in [5.41, 5.74) is 2.08. The Kier molecular flexibility index (Phi) is 5.26. The zero-order valence-electron chi connectivity index (χ0n) is 23.2. The molecule has 0 saturated heterocycles. The van der Waals surface area contributed by atoms with Gasteiger partial charge in [0.2, 0.25) is 11.7 Å². The lowest BCUT2D eigenvalue weighted by Gasteiger charge is -2.65. The number of anilines is 1. The lowest BCUT2D eigenvalue weighted by molar-refractivity contribution is -0.211. The van der Waals surface area contributed by atoms with Crippen molar-refractivity contribution in [2.24, 2.45) is 17.9 Å². The molecule has 7 saturated carbocycles. The Morgan fingerprint density at radius 2 is 1.80 bits per heavy atom. The second kappa shape index (κ2) is 8.44. The number of nitrogens with zero attached hydrogens (tertiary/aromatic N) is 5. The summed E-state index contributed by atoms with van der Waals surface area (Å²) in [5, 5.41) is 8.59. The van der Waals surface area contributed by atoms with Gasteiger partial charge in [-0.2, -0.15) is 18.9 Å². The molecule has 0 unspecified atom stereocenters. The van der Waals surface area contributed by atoms with Crippen LogP contribution in [0.5, 0.6) is 0 Å². The number of halogens is 3. The van der Waals surface area contributed by atoms with Crippen LogP contribution in [-0.2, 0) is 17.3 Å². The predicted molar refractivity (Wildman–Crippen MR) is 144 cm³/mol. The van der Waals surface area contributed by atoms with E-state index in [9.17, 15) is 18.0 Å². The van der Waals surface area contributed by atoms with E-state index < -0.39 is 23.4 Å². The second-order valence-corrected chi connectivity index (χ2v) is 13.8. The van der Waals surface area contributed by atoms with E-state index in [0.717, 1.165) is 38.5 Å². The summed E-state index contributed by atoms with van der Waals surface area (Å²) in [5.74, 6) is -0.0661. The highest BCUT2D eigenvalue weighted by molar-refractivity contribution is 6.00. The van der Waals surface area contributed by atoms with Gasteiger partial charge in [-0.25, -0.2) is 4.39 Å². The number of aryl methyl sites for hydroxylation is 1. The number of fused-ring (bicyclic) bond motifs is 3. The number of hydrogen-bond acceptors (Lipinski definition) is 5. The number of aromatic nitrogens is 4. The molecule has 10 heteroatoms. The quantitative estimate of drug-likeness (QED) is 0.300. The summed E-state index contributed by atoms with van der Waals surface area (Å²) in [6.45, 7) is 0.569. The minimum atomic E-state index is -2.86. The van der Waals surface area contributed by atoms with Crippen molar-refractivity contribution < 1.29 is 22.5 Å². The summed E-state index contributed by atoms with van der Waals surface area (Å²) < 4.78 is 47.5. The molecule has 10 rings (SSSR count). The van der Waals surface area contributed by atoms with Gasteiger partial charge in [-0.1, -0.05) is 17.3 Å². The number of carbonyl (C=O) groups excluding carboxylic acids is 1. The molecule has 4 bridgehead atoms. The van der Waals surface area contributed by atoms with Crippen molar-refractivity contribution in [3.05, 3.63) is 47.6 Å². The molecule has 41 heavy (non-hydrogen) atoms. The lowest BCUT2D eigenvalue weighted by Crippen LogP contribution is -2.71. The van der Waals surface area contributed by atoms with Gasteiger partial charge in [-0.05, 0) is 94.2 Å². The van der Waals surface area contributed by atoms with Crippen molar-refractivity contribution in [2.45, 2.75) is 94.1 Å². The smallest absolute Gasteiger partial charge is 0.315 e. The summed E-state index contributed by atoms with van der Waals surface area (Å²) in [7, 11) is 2.08. The summed E-state index contributed by atoms with van der Waals surface area (Å²) in [6, 6.07) is 9.50. The van der Waals surface area contributed by atoms with Crippen LogP contribution in [0, 0.1) is 10.8 Å². The largest absolute Gasteiger partial charge is 0.333 e. The van der Waals surface area contributed by atoms with Crippen LogP contribution in [0.15, 0.2) is 34.9 Å².